The number of hydrogen-bond acceptors (Lipinski definition) is 5. The molecule has 0 atom stereocenters. The molecule has 1 saturated carbocycles. The van der Waals surface area contributed by atoms with Crippen LogP contribution in [0.3, 0.4) is 0 Å². The van der Waals surface area contributed by atoms with Crippen molar-refractivity contribution in [1.82, 2.24) is 14.5 Å². The Morgan fingerprint density at radius 1 is 1.27 bits per heavy atom. The van der Waals surface area contributed by atoms with Crippen LogP contribution >= 0.6 is 0 Å². The number of halogens is 1. The van der Waals surface area contributed by atoms with E-state index >= 15 is 4.39 Å². The Bertz CT molecular complexity index is 982. The van der Waals surface area contributed by atoms with Gasteiger partial charge in [-0.05, 0) is 25.0 Å². The van der Waals surface area contributed by atoms with E-state index in [0.29, 0.717) is 9.87 Å². The summed E-state index contributed by atoms with van der Waals surface area (Å²) >= 11 is 0. The maximum Gasteiger partial charge on any atom is 0.326 e. The number of carbonyl (C=O) groups is 1. The molecule has 4 rings (SSSR count). The molecule has 2 N–H and O–H groups in total. The van der Waals surface area contributed by atoms with Crippen LogP contribution in [0, 0.1) is 5.82 Å². The molecule has 8 nitrogen and oxygen atoms in total. The van der Waals surface area contributed by atoms with Crippen LogP contribution in [0.5, 0.6) is 5.75 Å². The van der Waals surface area contributed by atoms with Gasteiger partial charge in [0.2, 0.25) is 0 Å². The molecule has 26 heavy (non-hydrogen) atoms. The average Bonchev–Trinajstić information content (AvgIpc) is 3.28. The van der Waals surface area contributed by atoms with Crippen molar-refractivity contribution < 1.29 is 22.7 Å². The number of phenolic OH excluding ortho intramolecular Hbond substituents is 1. The number of rotatable bonds is 3. The minimum atomic E-state index is -4.23. The largest absolute Gasteiger partial charge is 0.506 e. The molecule has 138 valence electrons. The number of hydrogen-bond donors (Lipinski definition) is 2. The summed E-state index contributed by atoms with van der Waals surface area (Å²) in [6, 6.07) is 2.85. The Hall–Kier alpha value is -2.62. The van der Waals surface area contributed by atoms with Crippen molar-refractivity contribution in [2.24, 2.45) is 0 Å². The first-order chi connectivity index (χ1) is 12.4. The summed E-state index contributed by atoms with van der Waals surface area (Å²) in [4.78, 5) is 11.4. The highest BCUT2D eigenvalue weighted by Gasteiger charge is 2.38. The molecular formula is C16H17FN4O4S. The number of aromatic hydroxyl groups is 1. The second-order valence-corrected chi connectivity index (χ2v) is 8.07. The SMILES string of the molecule is O=C1CN(c2c(O)ccc(-c3cnn(C4CCCC4)c3)c2F)S(=O)(=O)N1. The molecule has 0 bridgehead atoms. The summed E-state index contributed by atoms with van der Waals surface area (Å²) in [7, 11) is -4.23. The number of aromatic nitrogens is 2. The normalized spacial score (nSPS) is 19.9. The molecule has 2 aromatic rings. The van der Waals surface area contributed by atoms with Crippen LogP contribution in [0.1, 0.15) is 31.7 Å². The standard InChI is InChI=1S/C16H17FN4O4S/c17-15-12(10-7-18-20(8-10)11-3-1-2-4-11)5-6-13(22)16(15)21-9-14(23)19-26(21,24)25/h5-8,11,22H,1-4,9H2,(H,19,23). The van der Waals surface area contributed by atoms with Gasteiger partial charge in [-0.2, -0.15) is 13.5 Å². The van der Waals surface area contributed by atoms with Crippen molar-refractivity contribution in [1.29, 1.82) is 0 Å². The van der Waals surface area contributed by atoms with Crippen LogP contribution in [0.15, 0.2) is 24.5 Å². The molecule has 1 aliphatic heterocycles. The van der Waals surface area contributed by atoms with Crippen LogP contribution in [-0.4, -0.2) is 35.8 Å². The molecule has 0 radical (unpaired) electrons. The number of phenols is 1. The van der Waals surface area contributed by atoms with Crippen molar-refractivity contribution in [2.75, 3.05) is 10.8 Å². The highest BCUT2D eigenvalue weighted by molar-refractivity contribution is 7.92. The number of nitrogens with one attached hydrogen (secondary N) is 1. The van der Waals surface area contributed by atoms with Gasteiger partial charge in [0.05, 0.1) is 12.2 Å². The van der Waals surface area contributed by atoms with Gasteiger partial charge < -0.3 is 5.11 Å². The summed E-state index contributed by atoms with van der Waals surface area (Å²) in [5.41, 5.74) is 0.0394. The van der Waals surface area contributed by atoms with Gasteiger partial charge >= 0.3 is 10.2 Å². The number of amides is 1. The molecule has 2 fully saturated rings. The Morgan fingerprint density at radius 2 is 2.00 bits per heavy atom. The van der Waals surface area contributed by atoms with Crippen LogP contribution in [-0.2, 0) is 15.0 Å². The zero-order chi connectivity index (χ0) is 18.5. The fourth-order valence-corrected chi connectivity index (χ4v) is 4.67. The average molecular weight is 380 g/mol. The molecule has 1 aromatic carbocycles. The van der Waals surface area contributed by atoms with Crippen LogP contribution in [0.25, 0.3) is 11.1 Å². The second kappa shape index (κ2) is 5.97. The number of carbonyl (C=O) groups excluding carboxylic acids is 1. The zero-order valence-corrected chi connectivity index (χ0v) is 14.5. The minimum Gasteiger partial charge on any atom is -0.506 e. The lowest BCUT2D eigenvalue weighted by Gasteiger charge is -2.18. The lowest BCUT2D eigenvalue weighted by molar-refractivity contribution is -0.117. The molecule has 0 spiro atoms. The van der Waals surface area contributed by atoms with Crippen LogP contribution < -0.4 is 9.03 Å². The van der Waals surface area contributed by atoms with Crippen molar-refractivity contribution in [3.8, 4) is 16.9 Å². The van der Waals surface area contributed by atoms with Crippen molar-refractivity contribution in [3.05, 3.63) is 30.3 Å². The minimum absolute atomic E-state index is 0.108. The van der Waals surface area contributed by atoms with E-state index in [-0.39, 0.29) is 11.6 Å². The molecule has 2 aliphatic rings. The molecule has 0 unspecified atom stereocenters. The molecule has 10 heteroatoms. The number of benzene rings is 1. The third-order valence-electron chi connectivity index (χ3n) is 4.78. The van der Waals surface area contributed by atoms with Gasteiger partial charge in [0.15, 0.2) is 5.82 Å². The summed E-state index contributed by atoms with van der Waals surface area (Å²) in [5, 5.41) is 14.3. The topological polar surface area (TPSA) is 105 Å². The quantitative estimate of drug-likeness (QED) is 0.843. The smallest absolute Gasteiger partial charge is 0.326 e. The Labute approximate surface area is 149 Å². The van der Waals surface area contributed by atoms with Crippen LogP contribution in [0.4, 0.5) is 10.1 Å². The first-order valence-electron chi connectivity index (χ1n) is 8.26. The van der Waals surface area contributed by atoms with Gasteiger partial charge in [0, 0.05) is 17.3 Å². The zero-order valence-electron chi connectivity index (χ0n) is 13.7. The summed E-state index contributed by atoms with van der Waals surface area (Å²) in [6.45, 7) is -0.586. The first kappa shape index (κ1) is 16.8. The predicted octanol–water partition coefficient (Wildman–Crippen LogP) is 1.69. The van der Waals surface area contributed by atoms with Crippen molar-refractivity contribution in [2.45, 2.75) is 31.7 Å². The number of nitrogens with zero attached hydrogens (tertiary/aromatic N) is 3. The van der Waals surface area contributed by atoms with Gasteiger partial charge in [-0.1, -0.05) is 12.8 Å². The summed E-state index contributed by atoms with van der Waals surface area (Å²) in [5.74, 6) is -2.27. The van der Waals surface area contributed by atoms with E-state index in [1.165, 1.54) is 18.3 Å². The Balaban J connectivity index is 1.76. The van der Waals surface area contributed by atoms with Gasteiger partial charge in [-0.15, -0.1) is 0 Å². The monoisotopic (exact) mass is 380 g/mol. The predicted molar refractivity (Wildman–Crippen MR) is 91.2 cm³/mol. The molecule has 2 heterocycles. The maximum atomic E-state index is 15.1. The molecular weight excluding hydrogens is 363 g/mol. The lowest BCUT2D eigenvalue weighted by Crippen LogP contribution is -2.30. The van der Waals surface area contributed by atoms with E-state index in [0.717, 1.165) is 25.7 Å². The van der Waals surface area contributed by atoms with E-state index in [4.69, 9.17) is 0 Å². The van der Waals surface area contributed by atoms with Crippen molar-refractivity contribution in [3.63, 3.8) is 0 Å². The highest BCUT2D eigenvalue weighted by atomic mass is 32.2. The third-order valence-corrected chi connectivity index (χ3v) is 6.15. The molecule has 1 saturated heterocycles. The first-order valence-corrected chi connectivity index (χ1v) is 9.70. The summed E-state index contributed by atoms with van der Waals surface area (Å²) < 4.78 is 43.2. The maximum absolute atomic E-state index is 15.1. The Morgan fingerprint density at radius 3 is 2.65 bits per heavy atom. The molecule has 1 aromatic heterocycles. The molecule has 1 amide bonds. The van der Waals surface area contributed by atoms with E-state index in [1.54, 1.807) is 15.6 Å². The van der Waals surface area contributed by atoms with E-state index in [2.05, 4.69) is 5.10 Å². The van der Waals surface area contributed by atoms with Gasteiger partial charge in [0.1, 0.15) is 18.0 Å². The van der Waals surface area contributed by atoms with Gasteiger partial charge in [-0.25, -0.2) is 13.4 Å². The Kier molecular flexibility index (Phi) is 3.87. The fourth-order valence-electron chi connectivity index (χ4n) is 3.51. The van der Waals surface area contributed by atoms with Crippen LogP contribution in [0.2, 0.25) is 0 Å². The fraction of sp³-hybridized carbons (Fsp3) is 0.375. The summed E-state index contributed by atoms with van der Waals surface area (Å²) in [6.07, 6.45) is 7.53. The number of anilines is 1. The second-order valence-electron chi connectivity index (χ2n) is 6.48. The van der Waals surface area contributed by atoms with Crippen molar-refractivity contribution >= 4 is 21.8 Å². The van der Waals surface area contributed by atoms with Gasteiger partial charge in [0.25, 0.3) is 5.91 Å². The van der Waals surface area contributed by atoms with Gasteiger partial charge in [-0.3, -0.25) is 9.48 Å². The van der Waals surface area contributed by atoms with E-state index < -0.39 is 39.9 Å². The lowest BCUT2D eigenvalue weighted by atomic mass is 10.1. The highest BCUT2D eigenvalue weighted by Crippen LogP contribution is 2.39. The van der Waals surface area contributed by atoms with E-state index in [9.17, 15) is 18.3 Å². The van der Waals surface area contributed by atoms with E-state index in [1.807, 2.05) is 0 Å². The third kappa shape index (κ3) is 2.70. The molecule has 1 aliphatic carbocycles.